The summed E-state index contributed by atoms with van der Waals surface area (Å²) in [5.74, 6) is -0.549. The van der Waals surface area contributed by atoms with Gasteiger partial charge in [0, 0.05) is 0 Å². The number of carbonyl (C=O) groups is 1. The van der Waals surface area contributed by atoms with E-state index in [0.717, 1.165) is 5.56 Å². The van der Waals surface area contributed by atoms with Gasteiger partial charge in [0.1, 0.15) is 5.75 Å². The number of carboxylic acids is 1. The second-order valence-corrected chi connectivity index (χ2v) is 4.44. The first kappa shape index (κ1) is 14.2. The third-order valence-electron chi connectivity index (χ3n) is 2.23. The van der Waals surface area contributed by atoms with Gasteiger partial charge in [-0.25, -0.2) is 4.79 Å². The van der Waals surface area contributed by atoms with E-state index in [0.29, 0.717) is 15.3 Å². The number of aromatic nitrogens is 3. The van der Waals surface area contributed by atoms with E-state index >= 15 is 0 Å². The average molecular weight is 310 g/mol. The zero-order chi connectivity index (χ0) is 14.5. The average Bonchev–Trinajstić information content (AvgIpc) is 2.75. The lowest BCUT2D eigenvalue weighted by molar-refractivity contribution is -0.139. The van der Waals surface area contributed by atoms with Gasteiger partial charge in [-0.15, -0.1) is 0 Å². The number of rotatable bonds is 5. The Morgan fingerprint density at radius 1 is 1.30 bits per heavy atom. The molecule has 0 amide bonds. The van der Waals surface area contributed by atoms with Gasteiger partial charge in [-0.3, -0.25) is 10.2 Å². The third-order valence-corrected chi connectivity index (χ3v) is 2.78. The van der Waals surface area contributed by atoms with E-state index in [1.807, 2.05) is 0 Å². The highest BCUT2D eigenvalue weighted by atomic mass is 32.1. The van der Waals surface area contributed by atoms with Crippen molar-refractivity contribution in [2.75, 3.05) is 6.61 Å². The molecule has 2 rings (SSSR count). The van der Waals surface area contributed by atoms with Gasteiger partial charge in [0.2, 0.25) is 9.54 Å². The fourth-order valence-electron chi connectivity index (χ4n) is 1.33. The van der Waals surface area contributed by atoms with Crippen molar-refractivity contribution in [3.63, 3.8) is 0 Å². The Kier molecular flexibility index (Phi) is 4.43. The van der Waals surface area contributed by atoms with Crippen molar-refractivity contribution in [2.24, 2.45) is 5.10 Å². The van der Waals surface area contributed by atoms with Crippen LogP contribution in [0.25, 0.3) is 0 Å². The van der Waals surface area contributed by atoms with Crippen LogP contribution in [-0.4, -0.2) is 38.8 Å². The topological polar surface area (TPSA) is 95.4 Å². The predicted molar refractivity (Wildman–Crippen MR) is 77.4 cm³/mol. The summed E-state index contributed by atoms with van der Waals surface area (Å²) < 4.78 is 7.13. The van der Waals surface area contributed by atoms with Gasteiger partial charge in [-0.2, -0.15) is 9.78 Å². The van der Waals surface area contributed by atoms with Crippen molar-refractivity contribution in [3.8, 4) is 5.75 Å². The first-order valence-corrected chi connectivity index (χ1v) is 6.26. The quantitative estimate of drug-likeness (QED) is 0.579. The summed E-state index contributed by atoms with van der Waals surface area (Å²) >= 11 is 9.98. The fraction of sp³-hybridized carbons (Fsp3) is 0.0909. The number of aliphatic carboxylic acids is 1. The van der Waals surface area contributed by atoms with Crippen LogP contribution in [0.4, 0.5) is 0 Å². The van der Waals surface area contributed by atoms with Gasteiger partial charge in [0.05, 0.1) is 6.21 Å². The second-order valence-electron chi connectivity index (χ2n) is 3.67. The Hall–Kier alpha value is -2.26. The molecule has 0 aliphatic carbocycles. The van der Waals surface area contributed by atoms with Crippen molar-refractivity contribution < 1.29 is 14.6 Å². The molecule has 7 nitrogen and oxygen atoms in total. The molecule has 1 heterocycles. The number of nitrogens with one attached hydrogen (secondary N) is 2. The molecule has 0 aliphatic heterocycles. The summed E-state index contributed by atoms with van der Waals surface area (Å²) in [7, 11) is 0. The van der Waals surface area contributed by atoms with E-state index in [9.17, 15) is 4.79 Å². The molecule has 0 aliphatic rings. The maximum absolute atomic E-state index is 10.4. The SMILES string of the molecule is O=C(O)COc1ccc(/C=N\n2c(=S)[nH][nH]c2=S)cc1. The van der Waals surface area contributed by atoms with Crippen LogP contribution in [0, 0.1) is 9.54 Å². The van der Waals surface area contributed by atoms with Gasteiger partial charge < -0.3 is 9.84 Å². The summed E-state index contributed by atoms with van der Waals surface area (Å²) in [6, 6.07) is 6.79. The second kappa shape index (κ2) is 6.26. The highest BCUT2D eigenvalue weighted by Crippen LogP contribution is 2.11. The van der Waals surface area contributed by atoms with E-state index in [1.165, 1.54) is 4.68 Å². The molecule has 1 aromatic carbocycles. The maximum atomic E-state index is 10.4. The van der Waals surface area contributed by atoms with E-state index in [2.05, 4.69) is 15.3 Å². The lowest BCUT2D eigenvalue weighted by Crippen LogP contribution is -2.09. The Morgan fingerprint density at radius 2 is 1.90 bits per heavy atom. The van der Waals surface area contributed by atoms with E-state index in [1.54, 1.807) is 30.5 Å². The Labute approximate surface area is 123 Å². The first-order valence-electron chi connectivity index (χ1n) is 5.45. The molecule has 9 heteroatoms. The summed E-state index contributed by atoms with van der Waals surface area (Å²) in [6.07, 6.45) is 1.58. The standard InChI is InChI=1S/C11H10N4O3S2/c16-9(17)6-18-8-3-1-7(2-4-8)5-12-15-10(19)13-14-11(15)20/h1-5H,6H2,(H,13,19)(H,14,20)(H,16,17)/b12-5-. The minimum Gasteiger partial charge on any atom is -0.482 e. The molecule has 2 aromatic rings. The van der Waals surface area contributed by atoms with Crippen molar-refractivity contribution in [1.82, 2.24) is 14.9 Å². The van der Waals surface area contributed by atoms with Crippen LogP contribution < -0.4 is 4.74 Å². The van der Waals surface area contributed by atoms with Gasteiger partial charge in [0.25, 0.3) is 0 Å². The van der Waals surface area contributed by atoms with E-state index in [-0.39, 0.29) is 6.61 Å². The van der Waals surface area contributed by atoms with Crippen LogP contribution >= 0.6 is 24.4 Å². The molecule has 0 spiro atoms. The number of nitrogens with zero attached hydrogens (tertiary/aromatic N) is 2. The number of H-pyrrole nitrogens is 2. The Bertz CT molecular complexity index is 715. The van der Waals surface area contributed by atoms with Crippen molar-refractivity contribution >= 4 is 36.6 Å². The third kappa shape index (κ3) is 3.62. The Morgan fingerprint density at radius 3 is 2.45 bits per heavy atom. The maximum Gasteiger partial charge on any atom is 0.341 e. The lowest BCUT2D eigenvalue weighted by atomic mass is 10.2. The molecule has 104 valence electrons. The largest absolute Gasteiger partial charge is 0.482 e. The van der Waals surface area contributed by atoms with Gasteiger partial charge in [-0.1, -0.05) is 0 Å². The monoisotopic (exact) mass is 310 g/mol. The molecule has 0 saturated carbocycles. The predicted octanol–water partition coefficient (Wildman–Crippen LogP) is 1.95. The lowest BCUT2D eigenvalue weighted by Gasteiger charge is -2.02. The molecule has 0 atom stereocenters. The number of hydrogen-bond donors (Lipinski definition) is 3. The molecule has 20 heavy (non-hydrogen) atoms. The molecular weight excluding hydrogens is 300 g/mol. The van der Waals surface area contributed by atoms with E-state index < -0.39 is 5.97 Å². The number of hydrogen-bond acceptors (Lipinski definition) is 5. The number of carboxylic acid groups (broad SMARTS) is 1. The smallest absolute Gasteiger partial charge is 0.341 e. The summed E-state index contributed by atoms with van der Waals surface area (Å²) in [5, 5.41) is 18.0. The molecule has 0 saturated heterocycles. The summed E-state index contributed by atoms with van der Waals surface area (Å²) in [4.78, 5) is 10.4. The van der Waals surface area contributed by atoms with Gasteiger partial charge in [-0.05, 0) is 54.3 Å². The van der Waals surface area contributed by atoms with Crippen molar-refractivity contribution in [1.29, 1.82) is 0 Å². The molecule has 0 radical (unpaired) electrons. The molecular formula is C11H10N4O3S2. The molecule has 0 fully saturated rings. The van der Waals surface area contributed by atoms with Crippen LogP contribution in [0.15, 0.2) is 29.4 Å². The Balaban J connectivity index is 2.09. The van der Waals surface area contributed by atoms with Crippen LogP contribution in [0.1, 0.15) is 5.56 Å². The molecule has 3 N–H and O–H groups in total. The first-order chi connectivity index (χ1) is 9.56. The number of aromatic amines is 2. The summed E-state index contributed by atoms with van der Waals surface area (Å²) in [6.45, 7) is -0.374. The van der Waals surface area contributed by atoms with Gasteiger partial charge >= 0.3 is 5.97 Å². The van der Waals surface area contributed by atoms with Crippen molar-refractivity contribution in [3.05, 3.63) is 39.4 Å². The van der Waals surface area contributed by atoms with Crippen LogP contribution in [-0.2, 0) is 4.79 Å². The number of benzene rings is 1. The normalized spacial score (nSPS) is 10.8. The highest BCUT2D eigenvalue weighted by Gasteiger charge is 1.99. The fourth-order valence-corrected chi connectivity index (χ4v) is 1.77. The van der Waals surface area contributed by atoms with E-state index in [4.69, 9.17) is 34.3 Å². The zero-order valence-corrected chi connectivity index (χ0v) is 11.7. The number of ether oxygens (including phenoxy) is 1. The van der Waals surface area contributed by atoms with Gasteiger partial charge in [0.15, 0.2) is 6.61 Å². The molecule has 1 aromatic heterocycles. The minimum absolute atomic E-state index is 0.368. The van der Waals surface area contributed by atoms with Crippen molar-refractivity contribution in [2.45, 2.75) is 0 Å². The summed E-state index contributed by atoms with van der Waals surface area (Å²) in [5.41, 5.74) is 0.796. The van der Waals surface area contributed by atoms with Crippen LogP contribution in [0.3, 0.4) is 0 Å². The van der Waals surface area contributed by atoms with Crippen LogP contribution in [0.2, 0.25) is 0 Å². The van der Waals surface area contributed by atoms with Crippen LogP contribution in [0.5, 0.6) is 5.75 Å². The highest BCUT2D eigenvalue weighted by molar-refractivity contribution is 7.72. The zero-order valence-electron chi connectivity index (χ0n) is 10.1. The molecule has 0 bridgehead atoms. The minimum atomic E-state index is -1.02. The molecule has 0 unspecified atom stereocenters.